The molecule has 142 valence electrons. The van der Waals surface area contributed by atoms with E-state index in [0.717, 1.165) is 36.9 Å². The third-order valence-corrected chi connectivity index (χ3v) is 3.84. The second-order valence-corrected chi connectivity index (χ2v) is 6.13. The molecule has 0 heterocycles. The lowest BCUT2D eigenvalue weighted by molar-refractivity contribution is -0.121. The van der Waals surface area contributed by atoms with Crippen molar-refractivity contribution in [3.8, 4) is 0 Å². The minimum absolute atomic E-state index is 0. The zero-order valence-corrected chi connectivity index (χ0v) is 18.4. The monoisotopic (exact) mass is 480 g/mol. The average Bonchev–Trinajstić information content (AvgIpc) is 2.56. The molecular weight excluding hydrogens is 451 g/mol. The summed E-state index contributed by atoms with van der Waals surface area (Å²) in [5.41, 5.74) is 1.22. The Balaban J connectivity index is 0.00000576. The normalized spacial score (nSPS) is 12.1. The summed E-state index contributed by atoms with van der Waals surface area (Å²) in [5.74, 6) is 0.785. The summed E-state index contributed by atoms with van der Waals surface area (Å²) < 4.78 is 0. The van der Waals surface area contributed by atoms with Gasteiger partial charge in [0, 0.05) is 30.6 Å². The predicted octanol–water partition coefficient (Wildman–Crippen LogP) is 3.36. The summed E-state index contributed by atoms with van der Waals surface area (Å²) in [6.07, 6.45) is 2.22. The molecule has 0 saturated carbocycles. The number of carbonyl (C=O) groups is 1. The molecule has 0 radical (unpaired) electrons. The lowest BCUT2D eigenvalue weighted by Gasteiger charge is -2.12. The van der Waals surface area contributed by atoms with Crippen molar-refractivity contribution in [2.45, 2.75) is 46.1 Å². The van der Waals surface area contributed by atoms with Crippen LogP contribution in [-0.4, -0.2) is 37.5 Å². The van der Waals surface area contributed by atoms with Gasteiger partial charge in [0.2, 0.25) is 5.91 Å². The van der Waals surface area contributed by atoms with Crippen molar-refractivity contribution in [1.82, 2.24) is 16.0 Å². The van der Waals surface area contributed by atoms with E-state index < -0.39 is 0 Å². The second-order valence-electron chi connectivity index (χ2n) is 5.69. The van der Waals surface area contributed by atoms with E-state index in [1.807, 2.05) is 38.1 Å². The minimum Gasteiger partial charge on any atom is -0.357 e. The van der Waals surface area contributed by atoms with Crippen LogP contribution >= 0.6 is 35.6 Å². The van der Waals surface area contributed by atoms with Crippen LogP contribution in [0.4, 0.5) is 0 Å². The van der Waals surface area contributed by atoms with Crippen LogP contribution in [0.2, 0.25) is 5.02 Å². The highest BCUT2D eigenvalue weighted by molar-refractivity contribution is 14.0. The quantitative estimate of drug-likeness (QED) is 0.288. The topological polar surface area (TPSA) is 65.5 Å². The standard InChI is InChI=1S/C18H29ClN4O.HI/c1-4-14(3)23-17(24)11-13-22-18(20-5-2)21-12-10-15-6-8-16(19)9-7-15;/h6-9,14H,4-5,10-13H2,1-3H3,(H,23,24)(H2,20,21,22);1H. The van der Waals surface area contributed by atoms with Crippen molar-refractivity contribution in [3.05, 3.63) is 34.9 Å². The fraction of sp³-hybridized carbons (Fsp3) is 0.556. The van der Waals surface area contributed by atoms with Gasteiger partial charge in [-0.05, 0) is 44.4 Å². The molecule has 0 spiro atoms. The molecule has 0 bridgehead atoms. The SMILES string of the molecule is CCNC(=NCCC(=O)NC(C)CC)NCCc1ccc(Cl)cc1.I. The number of hydrogen-bond donors (Lipinski definition) is 3. The van der Waals surface area contributed by atoms with E-state index >= 15 is 0 Å². The molecule has 1 atom stereocenters. The van der Waals surface area contributed by atoms with Gasteiger partial charge in [-0.3, -0.25) is 9.79 Å². The molecular formula is C18H30ClIN4O. The van der Waals surface area contributed by atoms with Gasteiger partial charge in [-0.2, -0.15) is 0 Å². The van der Waals surface area contributed by atoms with Gasteiger partial charge >= 0.3 is 0 Å². The van der Waals surface area contributed by atoms with Gasteiger partial charge in [0.15, 0.2) is 5.96 Å². The van der Waals surface area contributed by atoms with E-state index in [1.54, 1.807) is 0 Å². The molecule has 0 aliphatic carbocycles. The van der Waals surface area contributed by atoms with E-state index in [-0.39, 0.29) is 35.9 Å². The van der Waals surface area contributed by atoms with Gasteiger partial charge in [-0.1, -0.05) is 30.7 Å². The summed E-state index contributed by atoms with van der Waals surface area (Å²) in [6, 6.07) is 8.05. The number of nitrogens with one attached hydrogen (secondary N) is 3. The summed E-state index contributed by atoms with van der Waals surface area (Å²) >= 11 is 5.88. The van der Waals surface area contributed by atoms with Crippen LogP contribution in [0.5, 0.6) is 0 Å². The van der Waals surface area contributed by atoms with Crippen molar-refractivity contribution >= 4 is 47.4 Å². The number of amides is 1. The average molecular weight is 481 g/mol. The van der Waals surface area contributed by atoms with Gasteiger partial charge < -0.3 is 16.0 Å². The number of guanidine groups is 1. The zero-order chi connectivity index (χ0) is 17.8. The molecule has 7 heteroatoms. The van der Waals surface area contributed by atoms with E-state index in [1.165, 1.54) is 5.56 Å². The third kappa shape index (κ3) is 11.3. The van der Waals surface area contributed by atoms with Gasteiger partial charge in [0.05, 0.1) is 6.54 Å². The van der Waals surface area contributed by atoms with Crippen LogP contribution in [0.3, 0.4) is 0 Å². The first kappa shape index (κ1) is 24.0. The number of carbonyl (C=O) groups excluding carboxylic acids is 1. The summed E-state index contributed by atoms with van der Waals surface area (Å²) in [7, 11) is 0. The second kappa shape index (κ2) is 14.2. The number of nitrogens with zero attached hydrogens (tertiary/aromatic N) is 1. The molecule has 1 aromatic carbocycles. The number of hydrogen-bond acceptors (Lipinski definition) is 2. The van der Waals surface area contributed by atoms with Crippen molar-refractivity contribution in [1.29, 1.82) is 0 Å². The van der Waals surface area contributed by atoms with Crippen LogP contribution in [-0.2, 0) is 11.2 Å². The molecule has 1 aromatic rings. The molecule has 25 heavy (non-hydrogen) atoms. The minimum atomic E-state index is 0. The Hall–Kier alpha value is -1.02. The smallest absolute Gasteiger partial charge is 0.222 e. The molecule has 1 amide bonds. The molecule has 0 aliphatic heterocycles. The lowest BCUT2D eigenvalue weighted by atomic mass is 10.1. The van der Waals surface area contributed by atoms with E-state index in [4.69, 9.17) is 11.6 Å². The van der Waals surface area contributed by atoms with Gasteiger partial charge in [-0.25, -0.2) is 0 Å². The fourth-order valence-electron chi connectivity index (χ4n) is 2.04. The molecule has 0 saturated heterocycles. The maximum atomic E-state index is 11.7. The molecule has 0 aromatic heterocycles. The van der Waals surface area contributed by atoms with Crippen LogP contribution in [0.25, 0.3) is 0 Å². The highest BCUT2D eigenvalue weighted by Gasteiger charge is 2.05. The number of halogens is 2. The van der Waals surface area contributed by atoms with Gasteiger partial charge in [0.1, 0.15) is 0 Å². The Bertz CT molecular complexity index is 522. The van der Waals surface area contributed by atoms with Crippen LogP contribution in [0.15, 0.2) is 29.3 Å². The Morgan fingerprint density at radius 3 is 2.48 bits per heavy atom. The summed E-state index contributed by atoms with van der Waals surface area (Å²) in [5, 5.41) is 10.2. The Morgan fingerprint density at radius 2 is 1.88 bits per heavy atom. The van der Waals surface area contributed by atoms with Crippen molar-refractivity contribution < 1.29 is 4.79 Å². The number of aliphatic imine (C=N–C) groups is 1. The highest BCUT2D eigenvalue weighted by atomic mass is 127. The van der Waals surface area contributed by atoms with Crippen molar-refractivity contribution in [3.63, 3.8) is 0 Å². The number of rotatable bonds is 9. The van der Waals surface area contributed by atoms with E-state index in [0.29, 0.717) is 13.0 Å². The summed E-state index contributed by atoms with van der Waals surface area (Å²) in [6.45, 7) is 8.10. The fourth-order valence-corrected chi connectivity index (χ4v) is 2.16. The van der Waals surface area contributed by atoms with Gasteiger partial charge in [0.25, 0.3) is 0 Å². The third-order valence-electron chi connectivity index (χ3n) is 3.59. The molecule has 1 unspecified atom stereocenters. The van der Waals surface area contributed by atoms with Crippen molar-refractivity contribution in [2.24, 2.45) is 4.99 Å². The first-order valence-electron chi connectivity index (χ1n) is 8.61. The van der Waals surface area contributed by atoms with Crippen molar-refractivity contribution in [2.75, 3.05) is 19.6 Å². The van der Waals surface area contributed by atoms with E-state index in [9.17, 15) is 4.79 Å². The highest BCUT2D eigenvalue weighted by Crippen LogP contribution is 2.09. The van der Waals surface area contributed by atoms with Gasteiger partial charge in [-0.15, -0.1) is 24.0 Å². The molecule has 0 fully saturated rings. The van der Waals surface area contributed by atoms with Crippen LogP contribution < -0.4 is 16.0 Å². The first-order chi connectivity index (χ1) is 11.5. The molecule has 3 N–H and O–H groups in total. The largest absolute Gasteiger partial charge is 0.357 e. The lowest BCUT2D eigenvalue weighted by Crippen LogP contribution is -2.38. The predicted molar refractivity (Wildman–Crippen MR) is 117 cm³/mol. The molecule has 5 nitrogen and oxygen atoms in total. The number of benzene rings is 1. The maximum absolute atomic E-state index is 11.7. The maximum Gasteiger partial charge on any atom is 0.222 e. The molecule has 1 rings (SSSR count). The van der Waals surface area contributed by atoms with Crippen LogP contribution in [0.1, 0.15) is 39.2 Å². The van der Waals surface area contributed by atoms with Crippen LogP contribution in [0, 0.1) is 0 Å². The Kier molecular flexibility index (Phi) is 13.6. The first-order valence-corrected chi connectivity index (χ1v) is 8.98. The summed E-state index contributed by atoms with van der Waals surface area (Å²) in [4.78, 5) is 16.2. The van der Waals surface area contributed by atoms with E-state index in [2.05, 4.69) is 27.9 Å². The zero-order valence-electron chi connectivity index (χ0n) is 15.3. The molecule has 0 aliphatic rings. The Morgan fingerprint density at radius 1 is 1.20 bits per heavy atom. The Labute approximate surface area is 173 Å².